The summed E-state index contributed by atoms with van der Waals surface area (Å²) in [5, 5.41) is 7.77. The van der Waals surface area contributed by atoms with Gasteiger partial charge in [0.1, 0.15) is 11.8 Å². The van der Waals surface area contributed by atoms with Crippen LogP contribution in [0.15, 0.2) is 48.5 Å². The van der Waals surface area contributed by atoms with Crippen LogP contribution in [-0.2, 0) is 11.8 Å². The smallest absolute Gasteiger partial charge is 0.412 e. The number of aryl methyl sites for hydroxylation is 1. The zero-order chi connectivity index (χ0) is 21.1. The first-order valence-electron chi connectivity index (χ1n) is 8.93. The zero-order valence-electron chi connectivity index (χ0n) is 16.3. The van der Waals surface area contributed by atoms with E-state index in [2.05, 4.69) is 10.4 Å². The molecule has 3 N–H and O–H groups in total. The van der Waals surface area contributed by atoms with Crippen LogP contribution in [0.1, 0.15) is 34.6 Å². The molecule has 0 fully saturated rings. The SMILES string of the molecule is Cc1c(NC(=O)OC(C)c2ccccc2Cl)c(-c2ccc(C(N)=O)cc2)nn1C. The van der Waals surface area contributed by atoms with Gasteiger partial charge in [-0.2, -0.15) is 5.10 Å². The van der Waals surface area contributed by atoms with Gasteiger partial charge in [0.15, 0.2) is 0 Å². The van der Waals surface area contributed by atoms with Gasteiger partial charge in [0, 0.05) is 28.8 Å². The molecule has 1 heterocycles. The molecule has 2 amide bonds. The third-order valence-electron chi connectivity index (χ3n) is 4.63. The average Bonchev–Trinajstić information content (AvgIpc) is 2.96. The van der Waals surface area contributed by atoms with E-state index in [-0.39, 0.29) is 0 Å². The molecule has 3 rings (SSSR count). The Hall–Kier alpha value is -3.32. The highest BCUT2D eigenvalue weighted by Crippen LogP contribution is 2.31. The molecular formula is C21H21ClN4O3. The Morgan fingerprint density at radius 2 is 1.83 bits per heavy atom. The zero-order valence-corrected chi connectivity index (χ0v) is 17.0. The lowest BCUT2D eigenvalue weighted by Crippen LogP contribution is -2.17. The van der Waals surface area contributed by atoms with Gasteiger partial charge in [-0.25, -0.2) is 4.79 Å². The Labute approximate surface area is 173 Å². The molecule has 1 aromatic heterocycles. The monoisotopic (exact) mass is 412 g/mol. The van der Waals surface area contributed by atoms with Crippen molar-refractivity contribution in [3.05, 3.63) is 70.4 Å². The maximum atomic E-state index is 12.5. The van der Waals surface area contributed by atoms with Gasteiger partial charge in [-0.05, 0) is 32.0 Å². The van der Waals surface area contributed by atoms with Gasteiger partial charge in [0.05, 0.1) is 11.4 Å². The second-order valence-electron chi connectivity index (χ2n) is 6.57. The largest absolute Gasteiger partial charge is 0.441 e. The Bertz CT molecular complexity index is 1060. The minimum atomic E-state index is -0.622. The number of aromatic nitrogens is 2. The molecule has 0 aliphatic carbocycles. The summed E-state index contributed by atoms with van der Waals surface area (Å²) in [6.45, 7) is 3.59. The van der Waals surface area contributed by atoms with Crippen LogP contribution in [0, 0.1) is 6.92 Å². The van der Waals surface area contributed by atoms with E-state index in [1.165, 1.54) is 0 Å². The number of benzene rings is 2. The number of hydrogen-bond donors (Lipinski definition) is 2. The van der Waals surface area contributed by atoms with Crippen LogP contribution in [-0.4, -0.2) is 21.8 Å². The fourth-order valence-electron chi connectivity index (χ4n) is 2.91. The van der Waals surface area contributed by atoms with Crippen LogP contribution in [0.3, 0.4) is 0 Å². The number of ether oxygens (including phenoxy) is 1. The average molecular weight is 413 g/mol. The van der Waals surface area contributed by atoms with Crippen LogP contribution < -0.4 is 11.1 Å². The highest BCUT2D eigenvalue weighted by Gasteiger charge is 2.20. The number of halogens is 1. The number of amides is 2. The van der Waals surface area contributed by atoms with Crippen LogP contribution in [0.4, 0.5) is 10.5 Å². The van der Waals surface area contributed by atoms with E-state index in [4.69, 9.17) is 22.1 Å². The molecule has 7 nitrogen and oxygen atoms in total. The van der Waals surface area contributed by atoms with Crippen LogP contribution in [0.25, 0.3) is 11.3 Å². The van der Waals surface area contributed by atoms with E-state index in [1.54, 1.807) is 55.1 Å². The number of carbonyl (C=O) groups excluding carboxylic acids is 2. The minimum absolute atomic E-state index is 0.392. The summed E-state index contributed by atoms with van der Waals surface area (Å²) in [4.78, 5) is 23.8. The van der Waals surface area contributed by atoms with Crippen LogP contribution in [0.5, 0.6) is 0 Å². The second-order valence-corrected chi connectivity index (χ2v) is 6.98. The molecule has 1 atom stereocenters. The Morgan fingerprint density at radius 1 is 1.17 bits per heavy atom. The molecule has 29 heavy (non-hydrogen) atoms. The van der Waals surface area contributed by atoms with E-state index in [0.717, 1.165) is 16.8 Å². The van der Waals surface area contributed by atoms with Crippen molar-refractivity contribution < 1.29 is 14.3 Å². The van der Waals surface area contributed by atoms with Gasteiger partial charge in [-0.15, -0.1) is 0 Å². The number of hydrogen-bond acceptors (Lipinski definition) is 4. The summed E-state index contributed by atoms with van der Waals surface area (Å²) in [7, 11) is 1.78. The van der Waals surface area contributed by atoms with Gasteiger partial charge >= 0.3 is 6.09 Å². The molecule has 150 valence electrons. The summed E-state index contributed by atoms with van der Waals surface area (Å²) in [6.07, 6.45) is -1.15. The van der Waals surface area contributed by atoms with E-state index in [9.17, 15) is 9.59 Å². The first-order chi connectivity index (χ1) is 13.8. The number of primary amides is 1. The third-order valence-corrected chi connectivity index (χ3v) is 4.98. The summed E-state index contributed by atoms with van der Waals surface area (Å²) in [6, 6.07) is 13.9. The second kappa shape index (κ2) is 8.36. The first-order valence-corrected chi connectivity index (χ1v) is 9.31. The van der Waals surface area contributed by atoms with Crippen LogP contribution >= 0.6 is 11.6 Å². The van der Waals surface area contributed by atoms with Crippen molar-refractivity contribution in [1.29, 1.82) is 0 Å². The molecule has 0 saturated heterocycles. The van der Waals surface area contributed by atoms with Gasteiger partial charge < -0.3 is 10.5 Å². The van der Waals surface area contributed by atoms with Gasteiger partial charge in [-0.1, -0.05) is 41.9 Å². The Balaban J connectivity index is 1.83. The van der Waals surface area contributed by atoms with Gasteiger partial charge in [-0.3, -0.25) is 14.8 Å². The molecule has 0 bridgehead atoms. The standard InChI is InChI=1S/C21H21ClN4O3/c1-12-18(24-21(28)29-13(2)16-6-4-5-7-17(16)22)19(25-26(12)3)14-8-10-15(11-9-14)20(23)27/h4-11,13H,1-3H3,(H2,23,27)(H,24,28). The summed E-state index contributed by atoms with van der Waals surface area (Å²) in [5.41, 5.74) is 8.96. The van der Waals surface area contributed by atoms with Crippen molar-refractivity contribution in [2.24, 2.45) is 12.8 Å². The number of anilines is 1. The van der Waals surface area contributed by atoms with E-state index < -0.39 is 18.1 Å². The summed E-state index contributed by atoms with van der Waals surface area (Å²) in [5.74, 6) is -0.510. The number of nitrogens with zero attached hydrogens (tertiary/aromatic N) is 2. The Kier molecular flexibility index (Phi) is 5.89. The maximum Gasteiger partial charge on any atom is 0.412 e. The predicted octanol–water partition coefficient (Wildman–Crippen LogP) is 4.46. The van der Waals surface area contributed by atoms with Crippen molar-refractivity contribution >= 4 is 29.3 Å². The third kappa shape index (κ3) is 4.41. The number of nitrogens with one attached hydrogen (secondary N) is 1. The summed E-state index contributed by atoms with van der Waals surface area (Å²) < 4.78 is 7.15. The maximum absolute atomic E-state index is 12.5. The predicted molar refractivity (Wildman–Crippen MR) is 112 cm³/mol. The lowest BCUT2D eigenvalue weighted by molar-refractivity contribution is 0.1000. The van der Waals surface area contributed by atoms with Crippen molar-refractivity contribution in [3.8, 4) is 11.3 Å². The van der Waals surface area contributed by atoms with E-state index >= 15 is 0 Å². The van der Waals surface area contributed by atoms with Crippen molar-refractivity contribution in [2.45, 2.75) is 20.0 Å². The van der Waals surface area contributed by atoms with Gasteiger partial charge in [0.2, 0.25) is 5.91 Å². The quantitative estimate of drug-likeness (QED) is 0.646. The summed E-state index contributed by atoms with van der Waals surface area (Å²) >= 11 is 6.17. The fraction of sp³-hybridized carbons (Fsp3) is 0.190. The molecular weight excluding hydrogens is 392 g/mol. The van der Waals surface area contributed by atoms with E-state index in [0.29, 0.717) is 22.0 Å². The molecule has 1 unspecified atom stereocenters. The first kappa shape index (κ1) is 20.4. The molecule has 0 radical (unpaired) electrons. The molecule has 0 aliphatic heterocycles. The van der Waals surface area contributed by atoms with E-state index in [1.807, 2.05) is 19.1 Å². The number of carbonyl (C=O) groups is 2. The molecule has 0 spiro atoms. The molecule has 0 aliphatic rings. The highest BCUT2D eigenvalue weighted by molar-refractivity contribution is 6.31. The number of rotatable bonds is 5. The minimum Gasteiger partial charge on any atom is -0.441 e. The van der Waals surface area contributed by atoms with Crippen molar-refractivity contribution in [1.82, 2.24) is 9.78 Å². The number of nitrogens with two attached hydrogens (primary N) is 1. The highest BCUT2D eigenvalue weighted by atomic mass is 35.5. The Morgan fingerprint density at radius 3 is 2.45 bits per heavy atom. The topological polar surface area (TPSA) is 99.2 Å². The lowest BCUT2D eigenvalue weighted by Gasteiger charge is -2.16. The lowest BCUT2D eigenvalue weighted by atomic mass is 10.1. The van der Waals surface area contributed by atoms with Crippen molar-refractivity contribution in [3.63, 3.8) is 0 Å². The normalized spacial score (nSPS) is 11.7. The van der Waals surface area contributed by atoms with Crippen molar-refractivity contribution in [2.75, 3.05) is 5.32 Å². The van der Waals surface area contributed by atoms with Gasteiger partial charge in [0.25, 0.3) is 0 Å². The fourth-order valence-corrected chi connectivity index (χ4v) is 3.20. The molecule has 3 aromatic rings. The molecule has 2 aromatic carbocycles. The molecule has 0 saturated carbocycles. The molecule has 8 heteroatoms. The van der Waals surface area contributed by atoms with Crippen LogP contribution in [0.2, 0.25) is 5.02 Å².